The van der Waals surface area contributed by atoms with Gasteiger partial charge in [0.05, 0.1) is 6.42 Å². The van der Waals surface area contributed by atoms with Crippen LogP contribution < -0.4 is 5.32 Å². The molecule has 0 aromatic heterocycles. The van der Waals surface area contributed by atoms with E-state index in [0.717, 1.165) is 6.42 Å². The second-order valence-electron chi connectivity index (χ2n) is 4.92. The molecule has 3 amide bonds. The van der Waals surface area contributed by atoms with Gasteiger partial charge in [-0.05, 0) is 20.3 Å². The summed E-state index contributed by atoms with van der Waals surface area (Å²) in [5, 5.41) is 11.5. The van der Waals surface area contributed by atoms with Crippen LogP contribution in [0.15, 0.2) is 0 Å². The van der Waals surface area contributed by atoms with Crippen molar-refractivity contribution < 1.29 is 19.5 Å². The van der Waals surface area contributed by atoms with Gasteiger partial charge in [0, 0.05) is 25.7 Å². The van der Waals surface area contributed by atoms with E-state index in [1.54, 1.807) is 4.90 Å². The summed E-state index contributed by atoms with van der Waals surface area (Å²) in [5.41, 5.74) is 0. The number of nitrogens with one attached hydrogen (secondary N) is 1. The Hall–Kier alpha value is -1.79. The number of carboxylic acid groups (broad SMARTS) is 1. The average molecular weight is 285 g/mol. The van der Waals surface area contributed by atoms with Gasteiger partial charge in [0.1, 0.15) is 6.04 Å². The molecule has 0 aliphatic carbocycles. The summed E-state index contributed by atoms with van der Waals surface area (Å²) >= 11 is 0. The Bertz CT molecular complexity index is 386. The van der Waals surface area contributed by atoms with Crippen molar-refractivity contribution in [2.24, 2.45) is 0 Å². The van der Waals surface area contributed by atoms with Crippen molar-refractivity contribution in [2.45, 2.75) is 45.7 Å². The molecule has 1 heterocycles. The Kier molecular flexibility index (Phi) is 5.79. The van der Waals surface area contributed by atoms with Crippen molar-refractivity contribution in [2.75, 3.05) is 19.6 Å². The minimum Gasteiger partial charge on any atom is -0.481 e. The maximum absolute atomic E-state index is 12.5. The largest absolute Gasteiger partial charge is 0.481 e. The van der Waals surface area contributed by atoms with Crippen LogP contribution in [0, 0.1) is 0 Å². The highest BCUT2D eigenvalue weighted by molar-refractivity contribution is 5.91. The molecule has 20 heavy (non-hydrogen) atoms. The third kappa shape index (κ3) is 3.61. The lowest BCUT2D eigenvalue weighted by molar-refractivity contribution is -0.142. The van der Waals surface area contributed by atoms with Gasteiger partial charge in [0.25, 0.3) is 0 Å². The van der Waals surface area contributed by atoms with Crippen molar-refractivity contribution >= 4 is 17.9 Å². The first-order chi connectivity index (χ1) is 9.42. The predicted molar refractivity (Wildman–Crippen MR) is 73.3 cm³/mol. The van der Waals surface area contributed by atoms with Crippen LogP contribution in [0.5, 0.6) is 0 Å². The first-order valence-electron chi connectivity index (χ1n) is 6.99. The molecule has 0 saturated carbocycles. The summed E-state index contributed by atoms with van der Waals surface area (Å²) in [6, 6.07) is -1.13. The molecule has 2 unspecified atom stereocenters. The van der Waals surface area contributed by atoms with Crippen LogP contribution in [-0.2, 0) is 9.59 Å². The molecule has 1 fully saturated rings. The van der Waals surface area contributed by atoms with Crippen LogP contribution in [0.2, 0.25) is 0 Å². The highest BCUT2D eigenvalue weighted by Crippen LogP contribution is 2.15. The lowest BCUT2D eigenvalue weighted by Crippen LogP contribution is -2.61. The summed E-state index contributed by atoms with van der Waals surface area (Å²) in [5.74, 6) is -1.48. The zero-order valence-electron chi connectivity index (χ0n) is 12.3. The molecular formula is C13H23N3O4. The van der Waals surface area contributed by atoms with E-state index in [9.17, 15) is 14.4 Å². The Morgan fingerprint density at radius 2 is 2.15 bits per heavy atom. The first-order valence-corrected chi connectivity index (χ1v) is 6.99. The van der Waals surface area contributed by atoms with E-state index in [4.69, 9.17) is 5.11 Å². The maximum atomic E-state index is 12.5. The number of nitrogens with zero attached hydrogens (tertiary/aromatic N) is 2. The zero-order valence-corrected chi connectivity index (χ0v) is 12.3. The molecule has 0 aromatic carbocycles. The average Bonchev–Trinajstić information content (AvgIpc) is 2.40. The fourth-order valence-corrected chi connectivity index (χ4v) is 2.33. The van der Waals surface area contributed by atoms with Gasteiger partial charge >= 0.3 is 12.0 Å². The topological polar surface area (TPSA) is 90.0 Å². The lowest BCUT2D eigenvalue weighted by Gasteiger charge is -2.39. The van der Waals surface area contributed by atoms with Crippen LogP contribution in [0.3, 0.4) is 0 Å². The number of amides is 3. The molecule has 1 saturated heterocycles. The van der Waals surface area contributed by atoms with Crippen molar-refractivity contribution in [1.29, 1.82) is 0 Å². The number of hydrogen-bond acceptors (Lipinski definition) is 3. The summed E-state index contributed by atoms with van der Waals surface area (Å²) in [4.78, 5) is 38.3. The smallest absolute Gasteiger partial charge is 0.320 e. The fraction of sp³-hybridized carbons (Fsp3) is 0.769. The SMILES string of the molecule is CCC(C)N(CC)C(=O)N1CCNC(=O)C1CC(=O)O. The van der Waals surface area contributed by atoms with Gasteiger partial charge in [-0.25, -0.2) is 4.79 Å². The molecule has 0 aromatic rings. The van der Waals surface area contributed by atoms with Crippen LogP contribution in [0.4, 0.5) is 4.79 Å². The summed E-state index contributed by atoms with van der Waals surface area (Å²) < 4.78 is 0. The normalized spacial score (nSPS) is 20.2. The third-order valence-corrected chi connectivity index (χ3v) is 3.65. The van der Waals surface area contributed by atoms with E-state index in [-0.39, 0.29) is 18.5 Å². The maximum Gasteiger partial charge on any atom is 0.320 e. The monoisotopic (exact) mass is 285 g/mol. The standard InChI is InChI=1S/C13H23N3O4/c1-4-9(3)15(5-2)13(20)16-7-6-14-12(19)10(16)8-11(17)18/h9-10H,4-8H2,1-3H3,(H,14,19)(H,17,18). The molecular weight excluding hydrogens is 262 g/mol. The number of piperazine rings is 1. The molecule has 114 valence electrons. The number of aliphatic carboxylic acids is 1. The number of hydrogen-bond donors (Lipinski definition) is 2. The van der Waals surface area contributed by atoms with Gasteiger partial charge in [-0.2, -0.15) is 0 Å². The van der Waals surface area contributed by atoms with Gasteiger partial charge in [0.2, 0.25) is 5.91 Å². The van der Waals surface area contributed by atoms with Gasteiger partial charge in [-0.15, -0.1) is 0 Å². The Balaban J connectivity index is 2.91. The Morgan fingerprint density at radius 3 is 2.65 bits per heavy atom. The Labute approximate surface area is 118 Å². The molecule has 0 spiro atoms. The van der Waals surface area contributed by atoms with E-state index in [1.165, 1.54) is 4.90 Å². The number of carbonyl (C=O) groups is 3. The number of carbonyl (C=O) groups excluding carboxylic acids is 2. The fourth-order valence-electron chi connectivity index (χ4n) is 2.33. The predicted octanol–water partition coefficient (Wildman–Crippen LogP) is 0.502. The molecule has 1 aliphatic rings. The van der Waals surface area contributed by atoms with Gasteiger partial charge in [-0.1, -0.05) is 6.92 Å². The summed E-state index contributed by atoms with van der Waals surface area (Å²) in [6.07, 6.45) is 0.443. The van der Waals surface area contributed by atoms with Crippen LogP contribution in [0.1, 0.15) is 33.6 Å². The number of carboxylic acids is 1. The van der Waals surface area contributed by atoms with Gasteiger partial charge in [0.15, 0.2) is 0 Å². The van der Waals surface area contributed by atoms with Gasteiger partial charge < -0.3 is 20.2 Å². The molecule has 2 atom stereocenters. The van der Waals surface area contributed by atoms with Crippen molar-refractivity contribution in [3.8, 4) is 0 Å². The summed E-state index contributed by atoms with van der Waals surface area (Å²) in [7, 11) is 0. The second kappa shape index (κ2) is 7.12. The molecule has 7 heteroatoms. The minimum atomic E-state index is -1.09. The van der Waals surface area contributed by atoms with Crippen molar-refractivity contribution in [3.63, 3.8) is 0 Å². The lowest BCUT2D eigenvalue weighted by atomic mass is 10.1. The Morgan fingerprint density at radius 1 is 1.50 bits per heavy atom. The number of urea groups is 1. The van der Waals surface area contributed by atoms with Gasteiger partial charge in [-0.3, -0.25) is 9.59 Å². The highest BCUT2D eigenvalue weighted by Gasteiger charge is 2.37. The molecule has 2 N–H and O–H groups in total. The quantitative estimate of drug-likeness (QED) is 0.769. The molecule has 1 rings (SSSR count). The molecule has 0 bridgehead atoms. The van der Waals surface area contributed by atoms with E-state index in [0.29, 0.717) is 19.6 Å². The van der Waals surface area contributed by atoms with Crippen LogP contribution in [0.25, 0.3) is 0 Å². The van der Waals surface area contributed by atoms with E-state index in [1.807, 2.05) is 20.8 Å². The summed E-state index contributed by atoms with van der Waals surface area (Å²) in [6.45, 7) is 7.04. The van der Waals surface area contributed by atoms with Crippen LogP contribution in [-0.4, -0.2) is 64.5 Å². The molecule has 7 nitrogen and oxygen atoms in total. The van der Waals surface area contributed by atoms with Crippen molar-refractivity contribution in [3.05, 3.63) is 0 Å². The molecule has 0 radical (unpaired) electrons. The van der Waals surface area contributed by atoms with Crippen molar-refractivity contribution in [1.82, 2.24) is 15.1 Å². The zero-order chi connectivity index (χ0) is 15.3. The van der Waals surface area contributed by atoms with E-state index < -0.39 is 17.9 Å². The number of rotatable bonds is 5. The molecule has 1 aliphatic heterocycles. The first kappa shape index (κ1) is 16.3. The highest BCUT2D eigenvalue weighted by atomic mass is 16.4. The van der Waals surface area contributed by atoms with E-state index in [2.05, 4.69) is 5.32 Å². The van der Waals surface area contributed by atoms with Crippen LogP contribution >= 0.6 is 0 Å². The van der Waals surface area contributed by atoms with E-state index >= 15 is 0 Å². The second-order valence-corrected chi connectivity index (χ2v) is 4.92. The minimum absolute atomic E-state index is 0.0583. The third-order valence-electron chi connectivity index (χ3n) is 3.65.